The molecule has 0 radical (unpaired) electrons. The molecule has 0 bridgehead atoms. The predicted molar refractivity (Wildman–Crippen MR) is 110 cm³/mol. The maximum atomic E-state index is 12.7. The highest BCUT2D eigenvalue weighted by Crippen LogP contribution is 2.30. The van der Waals surface area contributed by atoms with E-state index in [1.54, 1.807) is 29.4 Å². The number of carbonyl (C=O) groups excluding carboxylic acids is 1. The molecule has 6 heteroatoms. The normalized spacial score (nSPS) is 13.3. The van der Waals surface area contributed by atoms with Crippen molar-refractivity contribution < 1.29 is 9.21 Å². The molecule has 6 nitrogen and oxygen atoms in total. The second-order valence-corrected chi connectivity index (χ2v) is 7.13. The SMILES string of the molecule is Cc1ccc(-n2nc3c(c2-n2cccc2)CN(C(=O)/C=C/c2ccco2)C3)cc1. The summed E-state index contributed by atoms with van der Waals surface area (Å²) in [4.78, 5) is 14.4. The van der Waals surface area contributed by atoms with Crippen molar-refractivity contribution in [3.63, 3.8) is 0 Å². The van der Waals surface area contributed by atoms with Crippen molar-refractivity contribution in [3.8, 4) is 11.5 Å². The molecule has 4 heterocycles. The van der Waals surface area contributed by atoms with Gasteiger partial charge in [-0.15, -0.1) is 0 Å². The highest BCUT2D eigenvalue weighted by atomic mass is 16.3. The summed E-state index contributed by atoms with van der Waals surface area (Å²) in [6.45, 7) is 3.08. The van der Waals surface area contributed by atoms with E-state index in [1.165, 1.54) is 5.56 Å². The zero-order valence-corrected chi connectivity index (χ0v) is 16.0. The first-order valence-electron chi connectivity index (χ1n) is 9.51. The van der Waals surface area contributed by atoms with Gasteiger partial charge in [0.25, 0.3) is 0 Å². The van der Waals surface area contributed by atoms with Gasteiger partial charge < -0.3 is 13.9 Å². The molecule has 0 spiro atoms. The summed E-state index contributed by atoms with van der Waals surface area (Å²) >= 11 is 0. The van der Waals surface area contributed by atoms with Crippen LogP contribution in [0.1, 0.15) is 22.6 Å². The van der Waals surface area contributed by atoms with Gasteiger partial charge >= 0.3 is 0 Å². The lowest BCUT2D eigenvalue weighted by molar-refractivity contribution is -0.126. The quantitative estimate of drug-likeness (QED) is 0.497. The van der Waals surface area contributed by atoms with Gasteiger partial charge in [0.2, 0.25) is 5.91 Å². The number of fused-ring (bicyclic) bond motifs is 1. The first-order valence-corrected chi connectivity index (χ1v) is 9.51. The minimum absolute atomic E-state index is 0.0558. The first kappa shape index (κ1) is 17.3. The van der Waals surface area contributed by atoms with Crippen LogP contribution in [-0.4, -0.2) is 25.2 Å². The van der Waals surface area contributed by atoms with Gasteiger partial charge in [0, 0.05) is 24.0 Å². The lowest BCUT2D eigenvalue weighted by Crippen LogP contribution is -2.24. The lowest BCUT2D eigenvalue weighted by atomic mass is 10.2. The number of rotatable bonds is 4. The number of furan rings is 1. The molecule has 0 saturated carbocycles. The van der Waals surface area contributed by atoms with Gasteiger partial charge in [-0.3, -0.25) is 4.79 Å². The van der Waals surface area contributed by atoms with Crippen molar-refractivity contribution in [2.45, 2.75) is 20.0 Å². The molecule has 144 valence electrons. The first-order chi connectivity index (χ1) is 14.2. The maximum Gasteiger partial charge on any atom is 0.247 e. The van der Waals surface area contributed by atoms with Crippen LogP contribution in [0.5, 0.6) is 0 Å². The Morgan fingerprint density at radius 1 is 1.07 bits per heavy atom. The van der Waals surface area contributed by atoms with E-state index in [1.807, 2.05) is 35.3 Å². The summed E-state index contributed by atoms with van der Waals surface area (Å²) < 4.78 is 9.27. The average molecular weight is 384 g/mol. The lowest BCUT2D eigenvalue weighted by Gasteiger charge is -2.16. The molecule has 0 fully saturated rings. The Morgan fingerprint density at radius 3 is 2.59 bits per heavy atom. The van der Waals surface area contributed by atoms with E-state index in [-0.39, 0.29) is 5.91 Å². The van der Waals surface area contributed by atoms with Gasteiger partial charge in [0.1, 0.15) is 11.6 Å². The zero-order chi connectivity index (χ0) is 19.8. The van der Waals surface area contributed by atoms with Crippen LogP contribution in [0.25, 0.3) is 17.6 Å². The molecule has 0 saturated heterocycles. The minimum atomic E-state index is -0.0558. The fourth-order valence-corrected chi connectivity index (χ4v) is 3.61. The topological polar surface area (TPSA) is 56.2 Å². The van der Waals surface area contributed by atoms with E-state index < -0.39 is 0 Å². The third-order valence-corrected chi connectivity index (χ3v) is 5.10. The van der Waals surface area contributed by atoms with Gasteiger partial charge in [0.15, 0.2) is 0 Å². The van der Waals surface area contributed by atoms with E-state index in [9.17, 15) is 4.79 Å². The van der Waals surface area contributed by atoms with Crippen LogP contribution in [0.2, 0.25) is 0 Å². The van der Waals surface area contributed by atoms with E-state index in [2.05, 4.69) is 35.8 Å². The second-order valence-electron chi connectivity index (χ2n) is 7.13. The Morgan fingerprint density at radius 2 is 1.86 bits per heavy atom. The smallest absolute Gasteiger partial charge is 0.247 e. The van der Waals surface area contributed by atoms with E-state index in [0.717, 1.165) is 22.8 Å². The molecule has 1 amide bonds. The van der Waals surface area contributed by atoms with E-state index >= 15 is 0 Å². The summed E-state index contributed by atoms with van der Waals surface area (Å²) in [7, 11) is 0. The Hall–Kier alpha value is -3.80. The molecule has 29 heavy (non-hydrogen) atoms. The van der Waals surface area contributed by atoms with Gasteiger partial charge in [-0.05, 0) is 49.4 Å². The molecule has 0 aliphatic carbocycles. The monoisotopic (exact) mass is 384 g/mol. The highest BCUT2D eigenvalue weighted by molar-refractivity contribution is 5.91. The second kappa shape index (κ2) is 6.98. The largest absolute Gasteiger partial charge is 0.465 e. The van der Waals surface area contributed by atoms with Crippen LogP contribution in [0.4, 0.5) is 0 Å². The van der Waals surface area contributed by atoms with Crippen molar-refractivity contribution in [3.05, 3.63) is 95.8 Å². The number of hydrogen-bond acceptors (Lipinski definition) is 3. The van der Waals surface area contributed by atoms with Crippen molar-refractivity contribution in [2.24, 2.45) is 0 Å². The Kier molecular flexibility index (Phi) is 4.17. The van der Waals surface area contributed by atoms with Crippen molar-refractivity contribution >= 4 is 12.0 Å². The van der Waals surface area contributed by atoms with Crippen LogP contribution < -0.4 is 0 Å². The molecule has 0 atom stereocenters. The van der Waals surface area contributed by atoms with Crippen LogP contribution in [0.3, 0.4) is 0 Å². The van der Waals surface area contributed by atoms with E-state index in [0.29, 0.717) is 18.8 Å². The standard InChI is InChI=1S/C23H20N4O2/c1-17-6-8-18(9-7-17)27-23(25-12-2-3-13-25)20-15-26(16-21(20)24-27)22(28)11-10-19-5-4-14-29-19/h2-14H,15-16H2,1H3/b11-10+. The number of aryl methyl sites for hydroxylation is 1. The van der Waals surface area contributed by atoms with Crippen LogP contribution in [0.15, 0.2) is 77.7 Å². The molecule has 0 unspecified atom stereocenters. The van der Waals surface area contributed by atoms with Gasteiger partial charge in [-0.25, -0.2) is 4.68 Å². The summed E-state index contributed by atoms with van der Waals surface area (Å²) in [5.74, 6) is 1.58. The number of amides is 1. The molecule has 1 aliphatic rings. The summed E-state index contributed by atoms with van der Waals surface area (Å²) in [5, 5.41) is 4.85. The van der Waals surface area contributed by atoms with Gasteiger partial charge in [-0.1, -0.05) is 17.7 Å². The van der Waals surface area contributed by atoms with E-state index in [4.69, 9.17) is 9.52 Å². The van der Waals surface area contributed by atoms with Crippen molar-refractivity contribution in [1.29, 1.82) is 0 Å². The van der Waals surface area contributed by atoms with Crippen molar-refractivity contribution in [2.75, 3.05) is 0 Å². The highest BCUT2D eigenvalue weighted by Gasteiger charge is 2.30. The Labute approximate surface area is 168 Å². The maximum absolute atomic E-state index is 12.7. The number of nitrogens with zero attached hydrogens (tertiary/aromatic N) is 4. The Bertz CT molecular complexity index is 1170. The average Bonchev–Trinajstić information content (AvgIpc) is 3.50. The summed E-state index contributed by atoms with van der Waals surface area (Å²) in [6, 6.07) is 15.9. The predicted octanol–water partition coefficient (Wildman–Crippen LogP) is 4.12. The molecule has 4 aromatic rings. The third kappa shape index (κ3) is 3.18. The van der Waals surface area contributed by atoms with Crippen LogP contribution >= 0.6 is 0 Å². The fraction of sp³-hybridized carbons (Fsp3) is 0.130. The Balaban J connectivity index is 1.48. The number of benzene rings is 1. The molecule has 1 aromatic carbocycles. The number of carbonyl (C=O) groups is 1. The third-order valence-electron chi connectivity index (χ3n) is 5.10. The fourth-order valence-electron chi connectivity index (χ4n) is 3.61. The van der Waals surface area contributed by atoms with Crippen LogP contribution in [-0.2, 0) is 17.9 Å². The minimum Gasteiger partial charge on any atom is -0.465 e. The van der Waals surface area contributed by atoms with Crippen molar-refractivity contribution in [1.82, 2.24) is 19.2 Å². The summed E-state index contributed by atoms with van der Waals surface area (Å²) in [5.41, 5.74) is 4.20. The molecule has 1 aliphatic heterocycles. The molecular weight excluding hydrogens is 364 g/mol. The summed E-state index contributed by atoms with van der Waals surface area (Å²) in [6.07, 6.45) is 8.84. The van der Waals surface area contributed by atoms with Crippen LogP contribution in [0, 0.1) is 6.92 Å². The van der Waals surface area contributed by atoms with Gasteiger partial charge in [-0.2, -0.15) is 5.10 Å². The molecular formula is C23H20N4O2. The molecule has 5 rings (SSSR count). The molecule has 0 N–H and O–H groups in total. The zero-order valence-electron chi connectivity index (χ0n) is 16.0. The van der Waals surface area contributed by atoms with Gasteiger partial charge in [0.05, 0.1) is 30.7 Å². The number of aromatic nitrogens is 3. The molecule has 3 aromatic heterocycles. The number of hydrogen-bond donors (Lipinski definition) is 0.